The van der Waals surface area contributed by atoms with Crippen LogP contribution in [-0.4, -0.2) is 25.3 Å². The van der Waals surface area contributed by atoms with Gasteiger partial charge in [-0.25, -0.2) is 0 Å². The Balaban J connectivity index is 2.57. The van der Waals surface area contributed by atoms with E-state index < -0.39 is 6.29 Å². The zero-order chi connectivity index (χ0) is 13.9. The van der Waals surface area contributed by atoms with Crippen molar-refractivity contribution in [2.24, 2.45) is 0 Å². The van der Waals surface area contributed by atoms with Gasteiger partial charge in [-0.15, -0.1) is 0 Å². The van der Waals surface area contributed by atoms with Crippen molar-refractivity contribution in [2.45, 2.75) is 33.0 Å². The Kier molecular flexibility index (Phi) is 7.78. The van der Waals surface area contributed by atoms with Gasteiger partial charge < -0.3 is 9.47 Å². The Labute approximate surface area is 115 Å². The van der Waals surface area contributed by atoms with Crippen molar-refractivity contribution in [3.8, 4) is 0 Å². The van der Waals surface area contributed by atoms with Crippen molar-refractivity contribution in [2.75, 3.05) is 13.2 Å². The van der Waals surface area contributed by atoms with Crippen molar-refractivity contribution in [1.29, 1.82) is 0 Å². The molecule has 0 heterocycles. The molecule has 3 nitrogen and oxygen atoms in total. The minimum Gasteiger partial charge on any atom is -0.346 e. The summed E-state index contributed by atoms with van der Waals surface area (Å²) in [5, 5.41) is 0. The molecule has 0 bridgehead atoms. The quantitative estimate of drug-likeness (QED) is 0.505. The van der Waals surface area contributed by atoms with Crippen LogP contribution in [0.5, 0.6) is 0 Å². The van der Waals surface area contributed by atoms with Crippen LogP contribution in [0.1, 0.15) is 32.3 Å². The fourth-order valence-corrected chi connectivity index (χ4v) is 1.48. The molecule has 0 saturated heterocycles. The summed E-state index contributed by atoms with van der Waals surface area (Å²) in [6.45, 7) is 5.06. The van der Waals surface area contributed by atoms with E-state index in [9.17, 15) is 4.79 Å². The zero-order valence-electron chi connectivity index (χ0n) is 11.7. The van der Waals surface area contributed by atoms with Gasteiger partial charge in [0.15, 0.2) is 0 Å². The first-order chi connectivity index (χ1) is 9.27. The highest BCUT2D eigenvalue weighted by atomic mass is 16.7. The van der Waals surface area contributed by atoms with Crippen LogP contribution in [0.25, 0.3) is 6.08 Å². The van der Waals surface area contributed by atoms with E-state index in [1.807, 2.05) is 44.2 Å². The fourth-order valence-electron chi connectivity index (χ4n) is 1.48. The van der Waals surface area contributed by atoms with Gasteiger partial charge in [-0.1, -0.05) is 50.3 Å². The second-order valence-corrected chi connectivity index (χ2v) is 4.22. The highest BCUT2D eigenvalue weighted by Gasteiger charge is 2.16. The van der Waals surface area contributed by atoms with Gasteiger partial charge in [0.2, 0.25) is 12.1 Å². The molecule has 0 atom stereocenters. The van der Waals surface area contributed by atoms with E-state index in [-0.39, 0.29) is 5.78 Å². The molecule has 0 aromatic heterocycles. The molecule has 0 aliphatic rings. The van der Waals surface area contributed by atoms with Crippen molar-refractivity contribution in [1.82, 2.24) is 0 Å². The average molecular weight is 262 g/mol. The van der Waals surface area contributed by atoms with Crippen LogP contribution < -0.4 is 0 Å². The van der Waals surface area contributed by atoms with E-state index in [1.54, 1.807) is 6.08 Å². The predicted molar refractivity (Wildman–Crippen MR) is 76.8 cm³/mol. The second kappa shape index (κ2) is 9.48. The van der Waals surface area contributed by atoms with Crippen LogP contribution in [0.2, 0.25) is 0 Å². The first kappa shape index (κ1) is 15.6. The Morgan fingerprint density at radius 3 is 2.21 bits per heavy atom. The Morgan fingerprint density at radius 1 is 1.11 bits per heavy atom. The molecule has 19 heavy (non-hydrogen) atoms. The largest absolute Gasteiger partial charge is 0.346 e. The molecular weight excluding hydrogens is 240 g/mol. The van der Waals surface area contributed by atoms with Crippen LogP contribution in [0.15, 0.2) is 36.4 Å². The summed E-state index contributed by atoms with van der Waals surface area (Å²) in [6.07, 6.45) is 4.24. The van der Waals surface area contributed by atoms with Crippen molar-refractivity contribution >= 4 is 11.9 Å². The predicted octanol–water partition coefficient (Wildman–Crippen LogP) is 3.45. The van der Waals surface area contributed by atoms with E-state index in [4.69, 9.17) is 9.47 Å². The van der Waals surface area contributed by atoms with Gasteiger partial charge in [-0.2, -0.15) is 0 Å². The third kappa shape index (κ3) is 6.32. The molecular formula is C16H22O3. The van der Waals surface area contributed by atoms with E-state index in [1.165, 1.54) is 6.08 Å². The summed E-state index contributed by atoms with van der Waals surface area (Å²) in [7, 11) is 0. The molecule has 0 fully saturated rings. The lowest BCUT2D eigenvalue weighted by Gasteiger charge is -2.15. The molecule has 3 heteroatoms. The monoisotopic (exact) mass is 262 g/mol. The Hall–Kier alpha value is -1.45. The number of ether oxygens (including phenoxy) is 2. The fraction of sp³-hybridized carbons (Fsp3) is 0.438. The number of rotatable bonds is 9. The maximum absolute atomic E-state index is 12.0. The number of carbonyl (C=O) groups excluding carboxylic acids is 1. The molecule has 0 aliphatic carbocycles. The SMILES string of the molecule is CCCOC(OCCC)C(=O)/C=C/c1ccccc1. The summed E-state index contributed by atoms with van der Waals surface area (Å²) >= 11 is 0. The molecule has 104 valence electrons. The topological polar surface area (TPSA) is 35.5 Å². The zero-order valence-corrected chi connectivity index (χ0v) is 11.7. The molecule has 0 N–H and O–H groups in total. The molecule has 0 saturated carbocycles. The summed E-state index contributed by atoms with van der Waals surface area (Å²) in [5.74, 6) is -0.147. The van der Waals surface area contributed by atoms with E-state index in [2.05, 4.69) is 0 Å². The number of ketones is 1. The molecule has 0 unspecified atom stereocenters. The Bertz CT molecular complexity index is 376. The molecule has 0 spiro atoms. The summed E-state index contributed by atoms with van der Waals surface area (Å²) in [6, 6.07) is 9.69. The molecule has 1 aromatic rings. The summed E-state index contributed by atoms with van der Waals surface area (Å²) < 4.78 is 10.8. The number of hydrogen-bond acceptors (Lipinski definition) is 3. The smallest absolute Gasteiger partial charge is 0.221 e. The highest BCUT2D eigenvalue weighted by molar-refractivity contribution is 5.96. The minimum atomic E-state index is -0.778. The van der Waals surface area contributed by atoms with E-state index >= 15 is 0 Å². The van der Waals surface area contributed by atoms with Gasteiger partial charge in [-0.3, -0.25) is 4.79 Å². The van der Waals surface area contributed by atoms with Gasteiger partial charge in [0, 0.05) is 13.2 Å². The van der Waals surface area contributed by atoms with Crippen LogP contribution in [-0.2, 0) is 14.3 Å². The summed E-state index contributed by atoms with van der Waals surface area (Å²) in [5.41, 5.74) is 0.987. The lowest BCUT2D eigenvalue weighted by atomic mass is 10.2. The maximum Gasteiger partial charge on any atom is 0.221 e. The van der Waals surface area contributed by atoms with Crippen molar-refractivity contribution in [3.05, 3.63) is 42.0 Å². The number of carbonyl (C=O) groups is 1. The van der Waals surface area contributed by atoms with Crippen LogP contribution in [0.4, 0.5) is 0 Å². The normalized spacial score (nSPS) is 11.3. The number of hydrogen-bond donors (Lipinski definition) is 0. The molecule has 0 aliphatic heterocycles. The van der Waals surface area contributed by atoms with Crippen molar-refractivity contribution in [3.63, 3.8) is 0 Å². The van der Waals surface area contributed by atoms with E-state index in [0.29, 0.717) is 13.2 Å². The molecule has 0 amide bonds. The minimum absolute atomic E-state index is 0.147. The second-order valence-electron chi connectivity index (χ2n) is 4.22. The Morgan fingerprint density at radius 2 is 1.68 bits per heavy atom. The summed E-state index contributed by atoms with van der Waals surface area (Å²) in [4.78, 5) is 12.0. The van der Waals surface area contributed by atoms with Gasteiger partial charge in [-0.05, 0) is 24.5 Å². The van der Waals surface area contributed by atoms with E-state index in [0.717, 1.165) is 18.4 Å². The van der Waals surface area contributed by atoms with Gasteiger partial charge >= 0.3 is 0 Å². The standard InChI is InChI=1S/C16H22O3/c1-3-12-18-16(19-13-4-2)15(17)11-10-14-8-6-5-7-9-14/h5-11,16H,3-4,12-13H2,1-2H3/b11-10+. The first-order valence-electron chi connectivity index (χ1n) is 6.78. The van der Waals surface area contributed by atoms with Crippen LogP contribution in [0.3, 0.4) is 0 Å². The van der Waals surface area contributed by atoms with Crippen LogP contribution >= 0.6 is 0 Å². The maximum atomic E-state index is 12.0. The van der Waals surface area contributed by atoms with Crippen LogP contribution in [0, 0.1) is 0 Å². The molecule has 1 aromatic carbocycles. The van der Waals surface area contributed by atoms with Gasteiger partial charge in [0.25, 0.3) is 0 Å². The van der Waals surface area contributed by atoms with Crippen molar-refractivity contribution < 1.29 is 14.3 Å². The molecule has 0 radical (unpaired) electrons. The van der Waals surface area contributed by atoms with Gasteiger partial charge in [0.1, 0.15) is 0 Å². The first-order valence-corrected chi connectivity index (χ1v) is 6.78. The lowest BCUT2D eigenvalue weighted by Crippen LogP contribution is -2.26. The third-order valence-electron chi connectivity index (χ3n) is 2.42. The molecule has 1 rings (SSSR count). The third-order valence-corrected chi connectivity index (χ3v) is 2.42. The number of benzene rings is 1. The highest BCUT2D eigenvalue weighted by Crippen LogP contribution is 2.05. The van der Waals surface area contributed by atoms with Gasteiger partial charge in [0.05, 0.1) is 0 Å². The average Bonchev–Trinajstić information content (AvgIpc) is 2.46. The lowest BCUT2D eigenvalue weighted by molar-refractivity contribution is -0.165.